The molecule has 160 valence electrons. The van der Waals surface area contributed by atoms with E-state index in [2.05, 4.69) is 30.2 Å². The predicted octanol–water partition coefficient (Wildman–Crippen LogP) is 0.0132. The van der Waals surface area contributed by atoms with Crippen LogP contribution < -0.4 is 16.0 Å². The fourth-order valence-corrected chi connectivity index (χ4v) is 3.32. The number of hydrogen-bond acceptors (Lipinski definition) is 10. The summed E-state index contributed by atoms with van der Waals surface area (Å²) >= 11 is 0. The number of morpholine rings is 2. The third-order valence-corrected chi connectivity index (χ3v) is 4.98. The molecule has 0 atom stereocenters. The van der Waals surface area contributed by atoms with E-state index in [1.54, 1.807) is 12.4 Å². The summed E-state index contributed by atoms with van der Waals surface area (Å²) in [5.74, 6) is 1.57. The van der Waals surface area contributed by atoms with Gasteiger partial charge in [0.1, 0.15) is 5.82 Å². The van der Waals surface area contributed by atoms with Crippen LogP contribution >= 0.6 is 0 Å². The van der Waals surface area contributed by atoms with E-state index < -0.39 is 0 Å². The largest absolute Gasteiger partial charge is 0.378 e. The normalized spacial score (nSPS) is 17.1. The quantitative estimate of drug-likeness (QED) is 0.666. The highest BCUT2D eigenvalue weighted by atomic mass is 16.5. The van der Waals surface area contributed by atoms with Gasteiger partial charge in [-0.25, -0.2) is 15.0 Å². The number of anilines is 3. The zero-order chi connectivity index (χ0) is 20.8. The number of hydrogen-bond donors (Lipinski definition) is 2. The second-order valence-electron chi connectivity index (χ2n) is 7.04. The van der Waals surface area contributed by atoms with E-state index in [1.165, 1.54) is 0 Å². The maximum absolute atomic E-state index is 12.4. The van der Waals surface area contributed by atoms with Crippen molar-refractivity contribution in [2.45, 2.75) is 6.42 Å². The number of ether oxygens (including phenoxy) is 2. The number of nitrogens with two attached hydrogens (primary N) is 1. The van der Waals surface area contributed by atoms with Crippen molar-refractivity contribution >= 4 is 23.6 Å². The highest BCUT2D eigenvalue weighted by Crippen LogP contribution is 2.23. The van der Waals surface area contributed by atoms with Crippen LogP contribution in [0.5, 0.6) is 0 Å². The summed E-state index contributed by atoms with van der Waals surface area (Å²) in [6, 6.07) is 1.83. The summed E-state index contributed by atoms with van der Waals surface area (Å²) in [6.45, 7) is 5.68. The zero-order valence-corrected chi connectivity index (χ0v) is 16.8. The summed E-state index contributed by atoms with van der Waals surface area (Å²) in [6.07, 6.45) is 3.66. The van der Waals surface area contributed by atoms with Gasteiger partial charge in [-0.2, -0.15) is 4.98 Å². The molecule has 0 bridgehead atoms. The molecule has 2 aliphatic rings. The van der Waals surface area contributed by atoms with Crippen molar-refractivity contribution in [1.29, 1.82) is 0 Å². The maximum Gasteiger partial charge on any atom is 0.228 e. The number of carbonyl (C=O) groups excluding carboxylic acids is 1. The lowest BCUT2D eigenvalue weighted by Crippen LogP contribution is -2.41. The average Bonchev–Trinajstić information content (AvgIpc) is 2.80. The molecule has 1 amide bonds. The number of aromatic nitrogens is 4. The first-order valence-electron chi connectivity index (χ1n) is 10.1. The average molecular weight is 414 g/mol. The van der Waals surface area contributed by atoms with Crippen LogP contribution in [-0.2, 0) is 14.3 Å². The minimum Gasteiger partial charge on any atom is -0.378 e. The molecule has 0 saturated carbocycles. The minimum absolute atomic E-state index is 0.111. The van der Waals surface area contributed by atoms with E-state index in [4.69, 9.17) is 15.2 Å². The number of nitrogens with zero attached hydrogens (tertiary/aromatic N) is 6. The van der Waals surface area contributed by atoms with E-state index in [0.717, 1.165) is 18.7 Å². The lowest BCUT2D eigenvalue weighted by molar-refractivity contribution is -0.134. The van der Waals surface area contributed by atoms with Crippen LogP contribution in [0.2, 0.25) is 0 Å². The van der Waals surface area contributed by atoms with Crippen LogP contribution in [-0.4, -0.2) is 89.9 Å². The SMILES string of the molecule is Nc1ncc(-c2cc(NCCC(=O)N3CCOCC3)nc(N3CCOCC3)n2)cn1. The van der Waals surface area contributed by atoms with Crippen LogP contribution in [0.1, 0.15) is 6.42 Å². The van der Waals surface area contributed by atoms with Gasteiger partial charge in [0.15, 0.2) is 0 Å². The summed E-state index contributed by atoms with van der Waals surface area (Å²) in [4.78, 5) is 33.7. The van der Waals surface area contributed by atoms with Gasteiger partial charge in [0.05, 0.1) is 32.1 Å². The Balaban J connectivity index is 1.48. The van der Waals surface area contributed by atoms with Gasteiger partial charge < -0.3 is 30.3 Å². The van der Waals surface area contributed by atoms with Gasteiger partial charge >= 0.3 is 0 Å². The van der Waals surface area contributed by atoms with Gasteiger partial charge in [-0.3, -0.25) is 4.79 Å². The summed E-state index contributed by atoms with van der Waals surface area (Å²) in [7, 11) is 0. The third kappa shape index (κ3) is 5.10. The molecule has 2 saturated heterocycles. The Morgan fingerprint density at radius 2 is 1.70 bits per heavy atom. The molecule has 0 radical (unpaired) electrons. The smallest absolute Gasteiger partial charge is 0.228 e. The molecule has 4 heterocycles. The van der Waals surface area contributed by atoms with Gasteiger partial charge in [-0.05, 0) is 0 Å². The Morgan fingerprint density at radius 1 is 1.03 bits per heavy atom. The van der Waals surface area contributed by atoms with Crippen LogP contribution in [0.25, 0.3) is 11.3 Å². The van der Waals surface area contributed by atoms with Gasteiger partial charge in [-0.1, -0.05) is 0 Å². The van der Waals surface area contributed by atoms with Crippen molar-refractivity contribution in [1.82, 2.24) is 24.8 Å². The zero-order valence-electron chi connectivity index (χ0n) is 16.8. The Bertz CT molecular complexity index is 851. The lowest BCUT2D eigenvalue weighted by Gasteiger charge is -2.28. The summed E-state index contributed by atoms with van der Waals surface area (Å²) in [5, 5.41) is 3.26. The Hall–Kier alpha value is -3.05. The molecule has 0 unspecified atom stereocenters. The van der Waals surface area contributed by atoms with E-state index >= 15 is 0 Å². The van der Waals surface area contributed by atoms with Crippen LogP contribution in [0.3, 0.4) is 0 Å². The molecular formula is C19H26N8O3. The molecule has 2 aromatic heterocycles. The number of rotatable bonds is 6. The van der Waals surface area contributed by atoms with Crippen molar-refractivity contribution < 1.29 is 14.3 Å². The highest BCUT2D eigenvalue weighted by Gasteiger charge is 2.18. The van der Waals surface area contributed by atoms with Crippen LogP contribution in [0, 0.1) is 0 Å². The Labute approximate surface area is 174 Å². The maximum atomic E-state index is 12.4. The molecule has 4 rings (SSSR count). The first-order valence-corrected chi connectivity index (χ1v) is 10.1. The highest BCUT2D eigenvalue weighted by molar-refractivity contribution is 5.76. The molecule has 11 nitrogen and oxygen atoms in total. The van der Waals surface area contributed by atoms with Crippen molar-refractivity contribution in [3.8, 4) is 11.3 Å². The topological polar surface area (TPSA) is 132 Å². The molecule has 11 heteroatoms. The summed E-state index contributed by atoms with van der Waals surface area (Å²) < 4.78 is 10.7. The summed E-state index contributed by atoms with van der Waals surface area (Å²) in [5.41, 5.74) is 7.04. The monoisotopic (exact) mass is 414 g/mol. The fraction of sp³-hybridized carbons (Fsp3) is 0.526. The molecular weight excluding hydrogens is 388 g/mol. The number of carbonyl (C=O) groups is 1. The van der Waals surface area contributed by atoms with Crippen molar-refractivity contribution in [3.05, 3.63) is 18.5 Å². The van der Waals surface area contributed by atoms with Crippen molar-refractivity contribution in [2.75, 3.05) is 75.1 Å². The second-order valence-corrected chi connectivity index (χ2v) is 7.04. The minimum atomic E-state index is 0.111. The number of nitrogens with one attached hydrogen (secondary N) is 1. The standard InChI is InChI=1S/C19H26N8O3/c20-18-22-12-14(13-23-18)15-11-16(25-19(24-15)27-5-9-30-10-6-27)21-2-1-17(28)26-3-7-29-8-4-26/h11-13H,1-10H2,(H2,20,22,23)(H,21,24,25). The third-order valence-electron chi connectivity index (χ3n) is 4.98. The molecule has 2 aromatic rings. The first-order chi connectivity index (χ1) is 14.7. The molecule has 0 aliphatic carbocycles. The lowest BCUT2D eigenvalue weighted by atomic mass is 10.2. The van der Waals surface area contributed by atoms with Gasteiger partial charge in [-0.15, -0.1) is 0 Å². The number of nitrogen functional groups attached to an aromatic ring is 1. The molecule has 2 aliphatic heterocycles. The van der Waals surface area contributed by atoms with E-state index in [9.17, 15) is 4.79 Å². The van der Waals surface area contributed by atoms with Crippen molar-refractivity contribution in [2.24, 2.45) is 0 Å². The Kier molecular flexibility index (Phi) is 6.50. The molecule has 0 aromatic carbocycles. The molecule has 0 spiro atoms. The van der Waals surface area contributed by atoms with E-state index in [-0.39, 0.29) is 11.9 Å². The van der Waals surface area contributed by atoms with E-state index in [0.29, 0.717) is 69.9 Å². The van der Waals surface area contributed by atoms with Gasteiger partial charge in [0, 0.05) is 63.2 Å². The second kappa shape index (κ2) is 9.63. The van der Waals surface area contributed by atoms with E-state index in [1.807, 2.05) is 11.0 Å². The Morgan fingerprint density at radius 3 is 2.40 bits per heavy atom. The van der Waals surface area contributed by atoms with Gasteiger partial charge in [0.25, 0.3) is 0 Å². The van der Waals surface area contributed by atoms with Crippen LogP contribution in [0.15, 0.2) is 18.5 Å². The number of amides is 1. The van der Waals surface area contributed by atoms with Gasteiger partial charge in [0.2, 0.25) is 17.8 Å². The predicted molar refractivity (Wildman–Crippen MR) is 111 cm³/mol. The molecule has 3 N–H and O–H groups in total. The van der Waals surface area contributed by atoms with Crippen LogP contribution in [0.4, 0.5) is 17.7 Å². The molecule has 2 fully saturated rings. The first kappa shape index (κ1) is 20.2. The molecule has 30 heavy (non-hydrogen) atoms. The van der Waals surface area contributed by atoms with Crippen molar-refractivity contribution in [3.63, 3.8) is 0 Å². The fourth-order valence-electron chi connectivity index (χ4n) is 3.32.